The molecule has 3 heteroatoms. The third-order valence-corrected chi connectivity index (χ3v) is 11.5. The topological polar surface area (TPSA) is 16.4 Å². The first-order chi connectivity index (χ1) is 25.3. The zero-order valence-electron chi connectivity index (χ0n) is 27.5. The third-order valence-electron chi connectivity index (χ3n) is 10.4. The van der Waals surface area contributed by atoms with Crippen LogP contribution in [0.25, 0.3) is 85.6 Å². The van der Waals surface area contributed by atoms with Crippen molar-refractivity contribution in [3.05, 3.63) is 176 Å². The minimum Gasteiger partial charge on any atom is -0.455 e. The van der Waals surface area contributed by atoms with E-state index in [2.05, 4.69) is 181 Å². The van der Waals surface area contributed by atoms with Crippen LogP contribution in [0.1, 0.15) is 0 Å². The predicted molar refractivity (Wildman–Crippen MR) is 219 cm³/mol. The number of hydrogen-bond acceptors (Lipinski definition) is 3. The molecule has 0 N–H and O–H groups in total. The van der Waals surface area contributed by atoms with Crippen molar-refractivity contribution in [2.75, 3.05) is 4.90 Å². The summed E-state index contributed by atoms with van der Waals surface area (Å²) in [7, 11) is 0. The molecule has 11 rings (SSSR count). The minimum absolute atomic E-state index is 0.872. The lowest BCUT2D eigenvalue weighted by atomic mass is 9.94. The van der Waals surface area contributed by atoms with Crippen LogP contribution in [0.15, 0.2) is 180 Å². The lowest BCUT2D eigenvalue weighted by Crippen LogP contribution is -2.10. The van der Waals surface area contributed by atoms with Gasteiger partial charge in [0.1, 0.15) is 11.2 Å². The summed E-state index contributed by atoms with van der Waals surface area (Å²) in [5, 5.41) is 12.0. The van der Waals surface area contributed by atoms with Gasteiger partial charge in [-0.05, 0) is 92.7 Å². The summed E-state index contributed by atoms with van der Waals surface area (Å²) in [6.45, 7) is 0. The van der Waals surface area contributed by atoms with Crippen molar-refractivity contribution in [3.8, 4) is 11.1 Å². The molecule has 9 aromatic carbocycles. The van der Waals surface area contributed by atoms with Gasteiger partial charge in [-0.25, -0.2) is 0 Å². The monoisotopic (exact) mass is 667 g/mol. The second-order valence-electron chi connectivity index (χ2n) is 13.3. The number of fused-ring (bicyclic) bond motifs is 10. The van der Waals surface area contributed by atoms with Gasteiger partial charge < -0.3 is 9.32 Å². The zero-order valence-corrected chi connectivity index (χ0v) is 28.3. The average Bonchev–Trinajstić information content (AvgIpc) is 3.76. The lowest BCUT2D eigenvalue weighted by molar-refractivity contribution is 0.672. The molecule has 0 saturated carbocycles. The van der Waals surface area contributed by atoms with E-state index in [1.165, 1.54) is 58.2 Å². The van der Waals surface area contributed by atoms with Gasteiger partial charge in [0.05, 0.1) is 11.1 Å². The fraction of sp³-hybridized carbons (Fsp3) is 0. The Balaban J connectivity index is 1.20. The van der Waals surface area contributed by atoms with Crippen LogP contribution in [0.2, 0.25) is 0 Å². The maximum Gasteiger partial charge on any atom is 0.143 e. The zero-order chi connectivity index (χ0) is 33.5. The molecule has 2 heterocycles. The Morgan fingerprint density at radius 3 is 1.78 bits per heavy atom. The Labute approximate surface area is 298 Å². The Kier molecular flexibility index (Phi) is 6.16. The summed E-state index contributed by atoms with van der Waals surface area (Å²) in [4.78, 5) is 2.40. The number of furan rings is 1. The van der Waals surface area contributed by atoms with Crippen molar-refractivity contribution < 1.29 is 4.42 Å². The summed E-state index contributed by atoms with van der Waals surface area (Å²) in [5.41, 5.74) is 7.48. The highest BCUT2D eigenvalue weighted by atomic mass is 32.1. The SMILES string of the molecule is c1ccc2cc(N(c3ccc4ccccc4c3)c3cccc4oc5c6ccccc6c(-c6ccc7c(c6)sc6ccccc67)cc5c34)ccc2c1. The first-order valence-electron chi connectivity index (χ1n) is 17.3. The highest BCUT2D eigenvalue weighted by molar-refractivity contribution is 7.25. The third kappa shape index (κ3) is 4.42. The highest BCUT2D eigenvalue weighted by Crippen LogP contribution is 2.47. The molecular formula is C48H29NOS. The molecule has 0 radical (unpaired) electrons. The van der Waals surface area contributed by atoms with Crippen molar-refractivity contribution in [1.82, 2.24) is 0 Å². The molecule has 0 unspecified atom stereocenters. The van der Waals surface area contributed by atoms with Crippen molar-refractivity contribution in [2.24, 2.45) is 0 Å². The molecule has 11 aromatic rings. The molecule has 0 saturated heterocycles. The normalized spacial score (nSPS) is 11.9. The van der Waals surface area contributed by atoms with Gasteiger partial charge in [0, 0.05) is 42.3 Å². The van der Waals surface area contributed by atoms with Crippen LogP contribution in [0.3, 0.4) is 0 Å². The van der Waals surface area contributed by atoms with E-state index < -0.39 is 0 Å². The maximum absolute atomic E-state index is 6.85. The molecule has 2 aromatic heterocycles. The molecule has 0 amide bonds. The molecule has 0 atom stereocenters. The number of thiophene rings is 1. The van der Waals surface area contributed by atoms with Crippen molar-refractivity contribution in [2.45, 2.75) is 0 Å². The molecular weight excluding hydrogens is 639 g/mol. The van der Waals surface area contributed by atoms with Gasteiger partial charge in [-0.1, -0.05) is 121 Å². The van der Waals surface area contributed by atoms with E-state index in [1.54, 1.807) is 0 Å². The minimum atomic E-state index is 0.872. The number of hydrogen-bond donors (Lipinski definition) is 0. The largest absolute Gasteiger partial charge is 0.455 e. The number of nitrogens with zero attached hydrogens (tertiary/aromatic N) is 1. The maximum atomic E-state index is 6.85. The molecule has 0 aliphatic carbocycles. The predicted octanol–water partition coefficient (Wildman–Crippen LogP) is 14.6. The van der Waals surface area contributed by atoms with E-state index in [-0.39, 0.29) is 0 Å². The number of benzene rings is 9. The molecule has 0 spiro atoms. The van der Waals surface area contributed by atoms with Gasteiger partial charge >= 0.3 is 0 Å². The van der Waals surface area contributed by atoms with Crippen LogP contribution in [0, 0.1) is 0 Å². The first kappa shape index (κ1) is 28.4. The van der Waals surface area contributed by atoms with Crippen LogP contribution in [0.5, 0.6) is 0 Å². The smallest absolute Gasteiger partial charge is 0.143 e. The summed E-state index contributed by atoms with van der Waals surface area (Å²) in [6.07, 6.45) is 0. The Morgan fingerprint density at radius 1 is 0.412 bits per heavy atom. The van der Waals surface area contributed by atoms with E-state index in [9.17, 15) is 0 Å². The molecule has 0 bridgehead atoms. The molecule has 0 aliphatic heterocycles. The molecule has 0 aliphatic rings. The summed E-state index contributed by atoms with van der Waals surface area (Å²) >= 11 is 1.86. The van der Waals surface area contributed by atoms with E-state index in [0.717, 1.165) is 44.4 Å². The van der Waals surface area contributed by atoms with E-state index >= 15 is 0 Å². The van der Waals surface area contributed by atoms with Crippen LogP contribution >= 0.6 is 11.3 Å². The van der Waals surface area contributed by atoms with Crippen molar-refractivity contribution in [1.29, 1.82) is 0 Å². The van der Waals surface area contributed by atoms with Crippen LogP contribution < -0.4 is 4.90 Å². The van der Waals surface area contributed by atoms with Gasteiger partial charge in [-0.2, -0.15) is 0 Å². The Hall–Kier alpha value is -6.42. The van der Waals surface area contributed by atoms with E-state index in [4.69, 9.17) is 4.42 Å². The van der Waals surface area contributed by atoms with Crippen LogP contribution in [-0.4, -0.2) is 0 Å². The second-order valence-corrected chi connectivity index (χ2v) is 14.4. The van der Waals surface area contributed by atoms with Gasteiger partial charge in [-0.3, -0.25) is 0 Å². The Bertz CT molecular complexity index is 3090. The summed E-state index contributed by atoms with van der Waals surface area (Å²) in [5.74, 6) is 0. The molecule has 238 valence electrons. The van der Waals surface area contributed by atoms with Gasteiger partial charge in [-0.15, -0.1) is 11.3 Å². The molecule has 51 heavy (non-hydrogen) atoms. The molecule has 0 fully saturated rings. The van der Waals surface area contributed by atoms with Crippen LogP contribution in [-0.2, 0) is 0 Å². The second kappa shape index (κ2) is 11.0. The molecule has 2 nitrogen and oxygen atoms in total. The van der Waals surface area contributed by atoms with Crippen molar-refractivity contribution >= 4 is 103 Å². The lowest BCUT2D eigenvalue weighted by Gasteiger charge is -2.27. The van der Waals surface area contributed by atoms with Crippen LogP contribution in [0.4, 0.5) is 17.1 Å². The Morgan fingerprint density at radius 2 is 1.04 bits per heavy atom. The summed E-state index contributed by atoms with van der Waals surface area (Å²) in [6, 6.07) is 63.8. The number of rotatable bonds is 4. The standard InChI is InChI=1S/C48H29NOS/c1-3-12-32-26-35(23-20-30(32)10-1)49(36-24-21-31-11-2-4-13-33(31)27-36)43-17-9-18-44-47(43)42-29-41(37-14-5-6-16-40(37)48(42)50-44)34-22-25-39-38-15-7-8-19-45(38)51-46(39)28-34/h1-29H. The summed E-state index contributed by atoms with van der Waals surface area (Å²) < 4.78 is 9.46. The van der Waals surface area contributed by atoms with Crippen molar-refractivity contribution in [3.63, 3.8) is 0 Å². The fourth-order valence-corrected chi connectivity index (χ4v) is 9.15. The van der Waals surface area contributed by atoms with Gasteiger partial charge in [0.15, 0.2) is 0 Å². The number of anilines is 3. The fourth-order valence-electron chi connectivity index (χ4n) is 8.01. The average molecular weight is 668 g/mol. The van der Waals surface area contributed by atoms with Gasteiger partial charge in [0.2, 0.25) is 0 Å². The van der Waals surface area contributed by atoms with E-state index in [0.29, 0.717) is 0 Å². The van der Waals surface area contributed by atoms with Gasteiger partial charge in [0.25, 0.3) is 0 Å². The van der Waals surface area contributed by atoms with E-state index in [1.807, 2.05) is 11.3 Å². The highest BCUT2D eigenvalue weighted by Gasteiger charge is 2.22. The first-order valence-corrected chi connectivity index (χ1v) is 18.1. The quantitative estimate of drug-likeness (QED) is 0.186.